The third-order valence-corrected chi connectivity index (χ3v) is 2.48. The van der Waals surface area contributed by atoms with Crippen LogP contribution >= 0.6 is 0 Å². The molecule has 1 rings (SSSR count). The van der Waals surface area contributed by atoms with Crippen LogP contribution in [0.4, 0.5) is 0 Å². The first-order valence-corrected chi connectivity index (χ1v) is 4.76. The van der Waals surface area contributed by atoms with Crippen molar-refractivity contribution >= 4 is 5.97 Å². The van der Waals surface area contributed by atoms with E-state index < -0.39 is 5.97 Å². The van der Waals surface area contributed by atoms with Gasteiger partial charge < -0.3 is 5.11 Å². The minimum absolute atomic E-state index is 0.105. The van der Waals surface area contributed by atoms with E-state index in [9.17, 15) is 4.79 Å². The lowest BCUT2D eigenvalue weighted by atomic mass is 9.98. The van der Waals surface area contributed by atoms with Crippen LogP contribution in [-0.2, 0) is 11.2 Å². The lowest BCUT2D eigenvalue weighted by molar-refractivity contribution is -0.136. The molecule has 3 nitrogen and oxygen atoms in total. The number of nitriles is 1. The Hall–Kier alpha value is -1.82. The smallest absolute Gasteiger partial charge is 0.303 e. The Morgan fingerprint density at radius 2 is 2.13 bits per heavy atom. The zero-order chi connectivity index (χ0) is 11.4. The molecule has 0 aliphatic rings. The molecular weight excluding hydrogens is 190 g/mol. The molecule has 0 spiro atoms. The summed E-state index contributed by atoms with van der Waals surface area (Å²) in [6, 6.07) is 5.83. The molecule has 0 atom stereocenters. The number of rotatable bonds is 3. The normalized spacial score (nSPS) is 9.67. The van der Waals surface area contributed by atoms with Gasteiger partial charge in [-0.1, -0.05) is 6.07 Å². The van der Waals surface area contributed by atoms with Gasteiger partial charge in [-0.2, -0.15) is 5.26 Å². The fraction of sp³-hybridized carbons (Fsp3) is 0.333. The lowest BCUT2D eigenvalue weighted by Gasteiger charge is -2.06. The van der Waals surface area contributed by atoms with Gasteiger partial charge in [-0.05, 0) is 43.0 Å². The van der Waals surface area contributed by atoms with E-state index in [1.807, 2.05) is 19.9 Å². The van der Waals surface area contributed by atoms with E-state index in [0.29, 0.717) is 12.0 Å². The van der Waals surface area contributed by atoms with Gasteiger partial charge in [0.25, 0.3) is 0 Å². The van der Waals surface area contributed by atoms with Crippen LogP contribution in [0.25, 0.3) is 0 Å². The van der Waals surface area contributed by atoms with Gasteiger partial charge in [-0.3, -0.25) is 4.79 Å². The number of carboxylic acids is 1. The highest BCUT2D eigenvalue weighted by molar-refractivity contribution is 5.67. The number of hydrogen-bond acceptors (Lipinski definition) is 2. The standard InChI is InChI=1S/C12H13NO2/c1-8-5-10(3-4-12(14)15)6-11(7-13)9(8)2/h5-6H,3-4H2,1-2H3,(H,14,15). The Morgan fingerprint density at radius 1 is 1.47 bits per heavy atom. The van der Waals surface area contributed by atoms with Crippen LogP contribution in [0.3, 0.4) is 0 Å². The quantitative estimate of drug-likeness (QED) is 0.819. The van der Waals surface area contributed by atoms with Crippen LogP contribution in [0, 0.1) is 25.2 Å². The zero-order valence-electron chi connectivity index (χ0n) is 8.87. The molecule has 0 unspecified atom stereocenters. The molecule has 1 aromatic rings. The SMILES string of the molecule is Cc1cc(CCC(=O)O)cc(C#N)c1C. The molecule has 0 saturated heterocycles. The number of hydrogen-bond donors (Lipinski definition) is 1. The maximum absolute atomic E-state index is 10.4. The predicted octanol–water partition coefficient (Wildman–Crippen LogP) is 2.19. The van der Waals surface area contributed by atoms with Gasteiger partial charge in [0.05, 0.1) is 11.6 Å². The van der Waals surface area contributed by atoms with Crippen molar-refractivity contribution in [3.8, 4) is 6.07 Å². The lowest BCUT2D eigenvalue weighted by Crippen LogP contribution is -1.99. The number of nitrogens with zero attached hydrogens (tertiary/aromatic N) is 1. The van der Waals surface area contributed by atoms with Crippen LogP contribution in [0.2, 0.25) is 0 Å². The van der Waals surface area contributed by atoms with Crippen LogP contribution < -0.4 is 0 Å². The molecule has 0 amide bonds. The maximum Gasteiger partial charge on any atom is 0.303 e. The molecule has 78 valence electrons. The fourth-order valence-corrected chi connectivity index (χ4v) is 1.45. The van der Waals surface area contributed by atoms with Gasteiger partial charge in [-0.25, -0.2) is 0 Å². The van der Waals surface area contributed by atoms with Gasteiger partial charge in [0.15, 0.2) is 0 Å². The van der Waals surface area contributed by atoms with Crippen molar-refractivity contribution < 1.29 is 9.90 Å². The highest BCUT2D eigenvalue weighted by atomic mass is 16.4. The number of carboxylic acid groups (broad SMARTS) is 1. The number of aliphatic carboxylic acids is 1. The minimum Gasteiger partial charge on any atom is -0.481 e. The molecular formula is C12H13NO2. The summed E-state index contributed by atoms with van der Waals surface area (Å²) in [5.41, 5.74) is 3.55. The molecule has 0 radical (unpaired) electrons. The monoisotopic (exact) mass is 203 g/mol. The molecule has 0 aromatic heterocycles. The van der Waals surface area contributed by atoms with E-state index in [4.69, 9.17) is 10.4 Å². The summed E-state index contributed by atoms with van der Waals surface area (Å²) in [5, 5.41) is 17.4. The largest absolute Gasteiger partial charge is 0.481 e. The van der Waals surface area contributed by atoms with E-state index in [2.05, 4.69) is 6.07 Å². The van der Waals surface area contributed by atoms with E-state index in [1.54, 1.807) is 6.07 Å². The summed E-state index contributed by atoms with van der Waals surface area (Å²) in [6.07, 6.45) is 0.582. The van der Waals surface area contributed by atoms with E-state index in [-0.39, 0.29) is 6.42 Å². The van der Waals surface area contributed by atoms with Crippen LogP contribution in [0.15, 0.2) is 12.1 Å². The van der Waals surface area contributed by atoms with Crippen molar-refractivity contribution in [2.45, 2.75) is 26.7 Å². The van der Waals surface area contributed by atoms with Crippen LogP contribution in [0.5, 0.6) is 0 Å². The highest BCUT2D eigenvalue weighted by Crippen LogP contribution is 2.16. The summed E-state index contributed by atoms with van der Waals surface area (Å²) in [7, 11) is 0. The summed E-state index contributed by atoms with van der Waals surface area (Å²) < 4.78 is 0. The van der Waals surface area contributed by atoms with Crippen molar-refractivity contribution in [3.05, 3.63) is 34.4 Å². The molecule has 3 heteroatoms. The molecule has 0 bridgehead atoms. The van der Waals surface area contributed by atoms with Gasteiger partial charge in [0.2, 0.25) is 0 Å². The second-order valence-corrected chi connectivity index (χ2v) is 3.59. The van der Waals surface area contributed by atoms with E-state index in [0.717, 1.165) is 16.7 Å². The van der Waals surface area contributed by atoms with Crippen molar-refractivity contribution in [2.24, 2.45) is 0 Å². The Morgan fingerprint density at radius 3 is 2.67 bits per heavy atom. The summed E-state index contributed by atoms with van der Waals surface area (Å²) in [4.78, 5) is 10.4. The van der Waals surface area contributed by atoms with E-state index >= 15 is 0 Å². The van der Waals surface area contributed by atoms with Gasteiger partial charge in [0.1, 0.15) is 0 Å². The first kappa shape index (κ1) is 11.3. The molecule has 15 heavy (non-hydrogen) atoms. The van der Waals surface area contributed by atoms with Gasteiger partial charge >= 0.3 is 5.97 Å². The van der Waals surface area contributed by atoms with Gasteiger partial charge in [-0.15, -0.1) is 0 Å². The Labute approximate surface area is 89.0 Å². The molecule has 0 heterocycles. The van der Waals surface area contributed by atoms with Crippen molar-refractivity contribution in [2.75, 3.05) is 0 Å². The highest BCUT2D eigenvalue weighted by Gasteiger charge is 2.05. The topological polar surface area (TPSA) is 61.1 Å². The third kappa shape index (κ3) is 2.81. The summed E-state index contributed by atoms with van der Waals surface area (Å²) in [5.74, 6) is -0.813. The fourth-order valence-electron chi connectivity index (χ4n) is 1.45. The first-order chi connectivity index (χ1) is 7.04. The first-order valence-electron chi connectivity index (χ1n) is 4.76. The Balaban J connectivity index is 2.97. The van der Waals surface area contributed by atoms with Crippen molar-refractivity contribution in [3.63, 3.8) is 0 Å². The zero-order valence-corrected chi connectivity index (χ0v) is 8.87. The average Bonchev–Trinajstić information content (AvgIpc) is 2.19. The summed E-state index contributed by atoms with van der Waals surface area (Å²) in [6.45, 7) is 3.83. The molecule has 0 saturated carbocycles. The molecule has 0 fully saturated rings. The maximum atomic E-state index is 10.4. The molecule has 1 N–H and O–H groups in total. The minimum atomic E-state index is -0.813. The summed E-state index contributed by atoms with van der Waals surface area (Å²) >= 11 is 0. The predicted molar refractivity (Wildman–Crippen MR) is 56.6 cm³/mol. The average molecular weight is 203 g/mol. The Kier molecular flexibility index (Phi) is 3.46. The van der Waals surface area contributed by atoms with Crippen LogP contribution in [0.1, 0.15) is 28.7 Å². The van der Waals surface area contributed by atoms with Crippen LogP contribution in [-0.4, -0.2) is 11.1 Å². The molecule has 0 aliphatic carbocycles. The second-order valence-electron chi connectivity index (χ2n) is 3.59. The van der Waals surface area contributed by atoms with E-state index in [1.165, 1.54) is 0 Å². The third-order valence-electron chi connectivity index (χ3n) is 2.48. The van der Waals surface area contributed by atoms with Crippen molar-refractivity contribution in [1.82, 2.24) is 0 Å². The van der Waals surface area contributed by atoms with Gasteiger partial charge in [0, 0.05) is 6.42 Å². The number of carbonyl (C=O) groups is 1. The van der Waals surface area contributed by atoms with Crippen molar-refractivity contribution in [1.29, 1.82) is 5.26 Å². The molecule has 1 aromatic carbocycles. The Bertz CT molecular complexity index is 430. The molecule has 0 aliphatic heterocycles. The number of aryl methyl sites for hydroxylation is 2. The second kappa shape index (κ2) is 4.61. The number of benzene rings is 1.